The Morgan fingerprint density at radius 3 is 2.95 bits per heavy atom. The molecule has 122 valence electrons. The summed E-state index contributed by atoms with van der Waals surface area (Å²) < 4.78 is 31.5. The molecule has 0 bridgehead atoms. The minimum Gasteiger partial charge on any atom is -0.488 e. The number of ether oxygens (including phenoxy) is 1. The summed E-state index contributed by atoms with van der Waals surface area (Å²) in [6.45, 7) is 5.55. The fraction of sp³-hybridized carbons (Fsp3) is 0.562. The van der Waals surface area contributed by atoms with E-state index in [2.05, 4.69) is 12.2 Å². The van der Waals surface area contributed by atoms with Gasteiger partial charge >= 0.3 is 6.03 Å². The van der Waals surface area contributed by atoms with E-state index in [4.69, 9.17) is 4.74 Å². The Bertz CT molecular complexity index is 525. The molecule has 2 amide bonds. The molecule has 1 N–H and O–H groups in total. The number of carbonyl (C=O) groups excluding carboxylic acids is 1. The van der Waals surface area contributed by atoms with E-state index in [-0.39, 0.29) is 24.4 Å². The molecule has 4 nitrogen and oxygen atoms in total. The lowest BCUT2D eigenvalue weighted by atomic mass is 10.0. The lowest BCUT2D eigenvalue weighted by Crippen LogP contribution is -2.49. The maximum atomic E-state index is 13.4. The van der Waals surface area contributed by atoms with Crippen LogP contribution in [-0.2, 0) is 0 Å². The molecule has 1 aromatic carbocycles. The molecule has 0 aliphatic carbocycles. The van der Waals surface area contributed by atoms with Gasteiger partial charge in [-0.05, 0) is 37.8 Å². The van der Waals surface area contributed by atoms with Crippen molar-refractivity contribution in [1.29, 1.82) is 0 Å². The maximum Gasteiger partial charge on any atom is 0.317 e. The van der Waals surface area contributed by atoms with Crippen molar-refractivity contribution in [1.82, 2.24) is 10.2 Å². The average molecular weight is 312 g/mol. The second-order valence-corrected chi connectivity index (χ2v) is 5.93. The van der Waals surface area contributed by atoms with Crippen molar-refractivity contribution in [3.8, 4) is 5.75 Å². The largest absolute Gasteiger partial charge is 0.488 e. The van der Waals surface area contributed by atoms with Gasteiger partial charge in [-0.15, -0.1) is 0 Å². The van der Waals surface area contributed by atoms with Gasteiger partial charge in [-0.3, -0.25) is 0 Å². The molecular weight excluding hydrogens is 290 g/mol. The van der Waals surface area contributed by atoms with Crippen LogP contribution in [0.25, 0.3) is 0 Å². The molecule has 0 radical (unpaired) electrons. The third-order valence-electron chi connectivity index (χ3n) is 3.70. The maximum absolute atomic E-state index is 13.4. The minimum absolute atomic E-state index is 0.0194. The number of rotatable bonds is 4. The van der Waals surface area contributed by atoms with Crippen LogP contribution in [0.5, 0.6) is 5.75 Å². The molecule has 1 saturated heterocycles. The van der Waals surface area contributed by atoms with Gasteiger partial charge in [-0.1, -0.05) is 6.92 Å². The number of piperidine rings is 1. The van der Waals surface area contributed by atoms with Crippen LogP contribution >= 0.6 is 0 Å². The zero-order chi connectivity index (χ0) is 16.1. The molecule has 0 saturated carbocycles. The van der Waals surface area contributed by atoms with Gasteiger partial charge in [0.05, 0.1) is 6.04 Å². The number of carbonyl (C=O) groups is 1. The summed E-state index contributed by atoms with van der Waals surface area (Å²) in [5.74, 6) is -0.901. The summed E-state index contributed by atoms with van der Waals surface area (Å²) in [6.07, 6.45) is 2.16. The Kier molecular flexibility index (Phi) is 5.57. The number of amides is 2. The molecule has 1 aliphatic rings. The molecule has 1 aromatic rings. The summed E-state index contributed by atoms with van der Waals surface area (Å²) in [5.41, 5.74) is 0. The van der Waals surface area contributed by atoms with Gasteiger partial charge in [-0.25, -0.2) is 13.6 Å². The first-order valence-electron chi connectivity index (χ1n) is 7.59. The van der Waals surface area contributed by atoms with E-state index in [0.29, 0.717) is 5.92 Å². The molecule has 2 rings (SSSR count). The number of likely N-dealkylation sites (tertiary alicyclic amines) is 1. The van der Waals surface area contributed by atoms with Crippen LogP contribution in [0.3, 0.4) is 0 Å². The zero-order valence-corrected chi connectivity index (χ0v) is 12.9. The first-order valence-corrected chi connectivity index (χ1v) is 7.59. The highest BCUT2D eigenvalue weighted by Crippen LogP contribution is 2.18. The molecule has 2 unspecified atom stereocenters. The van der Waals surface area contributed by atoms with Crippen molar-refractivity contribution < 1.29 is 18.3 Å². The average Bonchev–Trinajstić information content (AvgIpc) is 2.46. The first-order chi connectivity index (χ1) is 10.5. The van der Waals surface area contributed by atoms with Crippen molar-refractivity contribution in [2.24, 2.45) is 5.92 Å². The van der Waals surface area contributed by atoms with Crippen molar-refractivity contribution in [2.45, 2.75) is 32.7 Å². The number of benzene rings is 1. The summed E-state index contributed by atoms with van der Waals surface area (Å²) in [4.78, 5) is 13.9. The number of hydrogen-bond acceptors (Lipinski definition) is 2. The van der Waals surface area contributed by atoms with E-state index in [0.717, 1.165) is 38.1 Å². The summed E-state index contributed by atoms with van der Waals surface area (Å²) in [6, 6.07) is 2.76. The predicted octanol–water partition coefficient (Wildman–Crippen LogP) is 3.17. The Morgan fingerprint density at radius 1 is 1.50 bits per heavy atom. The van der Waals surface area contributed by atoms with Gasteiger partial charge in [0.25, 0.3) is 0 Å². The highest BCUT2D eigenvalue weighted by atomic mass is 19.1. The number of nitrogens with one attached hydrogen (secondary N) is 1. The van der Waals surface area contributed by atoms with Gasteiger partial charge in [0.2, 0.25) is 0 Å². The third kappa shape index (κ3) is 4.58. The van der Waals surface area contributed by atoms with Gasteiger partial charge in [0.1, 0.15) is 12.4 Å². The van der Waals surface area contributed by atoms with Crippen LogP contribution in [-0.4, -0.2) is 36.7 Å². The zero-order valence-electron chi connectivity index (χ0n) is 12.9. The normalized spacial score (nSPS) is 19.6. The molecule has 1 aliphatic heterocycles. The van der Waals surface area contributed by atoms with E-state index < -0.39 is 11.6 Å². The number of halogens is 2. The van der Waals surface area contributed by atoms with Gasteiger partial charge in [-0.2, -0.15) is 0 Å². The fourth-order valence-electron chi connectivity index (χ4n) is 2.52. The van der Waals surface area contributed by atoms with Crippen molar-refractivity contribution in [2.75, 3.05) is 19.7 Å². The van der Waals surface area contributed by atoms with Crippen LogP contribution in [0.1, 0.15) is 26.7 Å². The van der Waals surface area contributed by atoms with Crippen molar-refractivity contribution >= 4 is 6.03 Å². The third-order valence-corrected chi connectivity index (χ3v) is 3.70. The summed E-state index contributed by atoms with van der Waals surface area (Å²) in [7, 11) is 0. The second kappa shape index (κ2) is 7.42. The van der Waals surface area contributed by atoms with Gasteiger partial charge in [0.15, 0.2) is 11.6 Å². The van der Waals surface area contributed by atoms with Crippen LogP contribution in [0.2, 0.25) is 0 Å². The Morgan fingerprint density at radius 2 is 2.27 bits per heavy atom. The van der Waals surface area contributed by atoms with E-state index in [1.807, 2.05) is 0 Å². The molecule has 0 aromatic heterocycles. The van der Waals surface area contributed by atoms with Crippen LogP contribution in [0.15, 0.2) is 18.2 Å². The SMILES string of the molecule is CC1CCCN(C(=O)NC(C)COc2ccc(F)cc2F)C1. The van der Waals surface area contributed by atoms with E-state index in [1.54, 1.807) is 11.8 Å². The summed E-state index contributed by atoms with van der Waals surface area (Å²) >= 11 is 0. The van der Waals surface area contributed by atoms with Crippen molar-refractivity contribution in [3.63, 3.8) is 0 Å². The number of urea groups is 1. The Hall–Kier alpha value is -1.85. The smallest absolute Gasteiger partial charge is 0.317 e. The van der Waals surface area contributed by atoms with Gasteiger partial charge in [0, 0.05) is 19.2 Å². The van der Waals surface area contributed by atoms with E-state index >= 15 is 0 Å². The summed E-state index contributed by atoms with van der Waals surface area (Å²) in [5, 5.41) is 2.84. The van der Waals surface area contributed by atoms with Crippen LogP contribution < -0.4 is 10.1 Å². The minimum atomic E-state index is -0.747. The monoisotopic (exact) mass is 312 g/mol. The molecular formula is C16H22F2N2O2. The van der Waals surface area contributed by atoms with E-state index in [1.165, 1.54) is 6.07 Å². The Labute approximate surface area is 129 Å². The highest BCUT2D eigenvalue weighted by molar-refractivity contribution is 5.74. The van der Waals surface area contributed by atoms with E-state index in [9.17, 15) is 13.6 Å². The first kappa shape index (κ1) is 16.5. The molecule has 22 heavy (non-hydrogen) atoms. The lowest BCUT2D eigenvalue weighted by molar-refractivity contribution is 0.162. The fourth-order valence-corrected chi connectivity index (χ4v) is 2.52. The molecule has 1 heterocycles. The van der Waals surface area contributed by atoms with Gasteiger partial charge < -0.3 is 15.0 Å². The quantitative estimate of drug-likeness (QED) is 0.928. The standard InChI is InChI=1S/C16H22F2N2O2/c1-11-4-3-7-20(9-11)16(21)19-12(2)10-22-15-6-5-13(17)8-14(15)18/h5-6,8,11-12H,3-4,7,9-10H2,1-2H3,(H,19,21). The molecule has 2 atom stereocenters. The molecule has 0 spiro atoms. The predicted molar refractivity (Wildman–Crippen MR) is 79.8 cm³/mol. The second-order valence-electron chi connectivity index (χ2n) is 5.93. The highest BCUT2D eigenvalue weighted by Gasteiger charge is 2.22. The van der Waals surface area contributed by atoms with Crippen molar-refractivity contribution in [3.05, 3.63) is 29.8 Å². The number of hydrogen-bond donors (Lipinski definition) is 1. The van der Waals surface area contributed by atoms with Crippen LogP contribution in [0.4, 0.5) is 13.6 Å². The Balaban J connectivity index is 1.79. The molecule has 1 fully saturated rings. The topological polar surface area (TPSA) is 41.6 Å². The van der Waals surface area contributed by atoms with Crippen LogP contribution in [0, 0.1) is 17.6 Å². The molecule has 6 heteroatoms. The lowest BCUT2D eigenvalue weighted by Gasteiger charge is -2.32. The number of nitrogens with zero attached hydrogens (tertiary/aromatic N) is 1.